The molecule has 0 saturated heterocycles. The smallest absolute Gasteiger partial charge is 0.407 e. The summed E-state index contributed by atoms with van der Waals surface area (Å²) in [6.07, 6.45) is 4.07. The molecule has 6 heteroatoms. The zero-order chi connectivity index (χ0) is 13.6. The van der Waals surface area contributed by atoms with Crippen molar-refractivity contribution in [3.8, 4) is 0 Å². The zero-order valence-electron chi connectivity index (χ0n) is 11.3. The van der Waals surface area contributed by atoms with Gasteiger partial charge in [-0.05, 0) is 27.2 Å². The van der Waals surface area contributed by atoms with Crippen LogP contribution in [0.1, 0.15) is 32.8 Å². The van der Waals surface area contributed by atoms with Crippen LogP contribution >= 0.6 is 0 Å². The topological polar surface area (TPSA) is 82.2 Å². The van der Waals surface area contributed by atoms with Gasteiger partial charge in [-0.3, -0.25) is 4.68 Å². The number of aryl methyl sites for hydroxylation is 1. The first kappa shape index (κ1) is 14.5. The molecule has 18 heavy (non-hydrogen) atoms. The standard InChI is InChI=1S/C12H22N4O2/c1-12(2,3)18-11(17)14-5-4-6-16-9-10(7-13)8-15-16/h8-9H,4-7,13H2,1-3H3,(H,14,17). The van der Waals surface area contributed by atoms with E-state index in [2.05, 4.69) is 10.4 Å². The van der Waals surface area contributed by atoms with Crippen LogP contribution in [-0.2, 0) is 17.8 Å². The molecule has 0 aliphatic carbocycles. The van der Waals surface area contributed by atoms with Gasteiger partial charge in [-0.15, -0.1) is 0 Å². The fraction of sp³-hybridized carbons (Fsp3) is 0.667. The van der Waals surface area contributed by atoms with Crippen LogP contribution in [0.15, 0.2) is 12.4 Å². The molecule has 1 aromatic rings. The van der Waals surface area contributed by atoms with Crippen molar-refractivity contribution in [3.63, 3.8) is 0 Å². The summed E-state index contributed by atoms with van der Waals surface area (Å²) in [5.41, 5.74) is 6.04. The van der Waals surface area contributed by atoms with Gasteiger partial charge in [0.05, 0.1) is 6.20 Å². The second-order valence-corrected chi connectivity index (χ2v) is 5.10. The number of nitrogens with two attached hydrogens (primary N) is 1. The summed E-state index contributed by atoms with van der Waals surface area (Å²) >= 11 is 0. The van der Waals surface area contributed by atoms with Crippen molar-refractivity contribution < 1.29 is 9.53 Å². The number of hydrogen-bond donors (Lipinski definition) is 2. The molecule has 1 aromatic heterocycles. The third kappa shape index (κ3) is 5.67. The highest BCUT2D eigenvalue weighted by molar-refractivity contribution is 5.67. The van der Waals surface area contributed by atoms with Gasteiger partial charge in [-0.2, -0.15) is 5.10 Å². The molecular weight excluding hydrogens is 232 g/mol. The molecule has 0 atom stereocenters. The van der Waals surface area contributed by atoms with Crippen molar-refractivity contribution in [1.29, 1.82) is 0 Å². The van der Waals surface area contributed by atoms with Crippen LogP contribution < -0.4 is 11.1 Å². The Labute approximate surface area is 107 Å². The first-order valence-corrected chi connectivity index (χ1v) is 6.09. The molecule has 0 aromatic carbocycles. The maximum Gasteiger partial charge on any atom is 0.407 e. The monoisotopic (exact) mass is 254 g/mol. The fourth-order valence-corrected chi connectivity index (χ4v) is 1.38. The number of carbonyl (C=O) groups is 1. The van der Waals surface area contributed by atoms with E-state index in [4.69, 9.17) is 10.5 Å². The molecule has 0 fully saturated rings. The van der Waals surface area contributed by atoms with Crippen LogP contribution in [0.4, 0.5) is 4.79 Å². The number of alkyl carbamates (subject to hydrolysis) is 1. The highest BCUT2D eigenvalue weighted by Gasteiger charge is 2.15. The number of ether oxygens (including phenoxy) is 1. The number of aromatic nitrogens is 2. The van der Waals surface area contributed by atoms with Gasteiger partial charge in [0, 0.05) is 31.4 Å². The minimum atomic E-state index is -0.456. The van der Waals surface area contributed by atoms with Gasteiger partial charge >= 0.3 is 6.09 Å². The van der Waals surface area contributed by atoms with Gasteiger partial charge < -0.3 is 15.8 Å². The van der Waals surface area contributed by atoms with Gasteiger partial charge in [-0.25, -0.2) is 4.79 Å². The lowest BCUT2D eigenvalue weighted by Gasteiger charge is -2.19. The molecule has 3 N–H and O–H groups in total. The SMILES string of the molecule is CC(C)(C)OC(=O)NCCCn1cc(CN)cn1. The first-order valence-electron chi connectivity index (χ1n) is 6.09. The number of rotatable bonds is 5. The fourth-order valence-electron chi connectivity index (χ4n) is 1.38. The largest absolute Gasteiger partial charge is 0.444 e. The lowest BCUT2D eigenvalue weighted by atomic mass is 10.2. The molecule has 0 spiro atoms. The van der Waals surface area contributed by atoms with E-state index in [-0.39, 0.29) is 6.09 Å². The number of nitrogens with zero attached hydrogens (tertiary/aromatic N) is 2. The second-order valence-electron chi connectivity index (χ2n) is 5.10. The minimum absolute atomic E-state index is 0.384. The maximum absolute atomic E-state index is 11.3. The van der Waals surface area contributed by atoms with Crippen LogP contribution in [0.25, 0.3) is 0 Å². The summed E-state index contributed by atoms with van der Waals surface area (Å²) < 4.78 is 6.94. The van der Waals surface area contributed by atoms with Crippen molar-refractivity contribution in [2.24, 2.45) is 5.73 Å². The molecule has 0 aliphatic rings. The summed E-state index contributed by atoms with van der Waals surface area (Å²) in [5, 5.41) is 6.86. The van der Waals surface area contributed by atoms with Crippen molar-refractivity contribution in [2.45, 2.75) is 45.9 Å². The number of nitrogens with one attached hydrogen (secondary N) is 1. The molecule has 1 rings (SSSR count). The highest BCUT2D eigenvalue weighted by Crippen LogP contribution is 2.06. The Kier molecular flexibility index (Phi) is 5.15. The molecule has 0 aliphatic heterocycles. The Morgan fingerprint density at radius 1 is 1.56 bits per heavy atom. The quantitative estimate of drug-likeness (QED) is 0.775. The molecule has 1 heterocycles. The Morgan fingerprint density at radius 3 is 2.83 bits per heavy atom. The predicted octanol–water partition coefficient (Wildman–Crippen LogP) is 1.26. The predicted molar refractivity (Wildman–Crippen MR) is 69.0 cm³/mol. The van der Waals surface area contributed by atoms with Gasteiger partial charge in [0.25, 0.3) is 0 Å². The van der Waals surface area contributed by atoms with Crippen LogP contribution in [0, 0.1) is 0 Å². The van der Waals surface area contributed by atoms with Crippen LogP contribution in [0.3, 0.4) is 0 Å². The van der Waals surface area contributed by atoms with Crippen LogP contribution in [0.2, 0.25) is 0 Å². The highest BCUT2D eigenvalue weighted by atomic mass is 16.6. The molecule has 0 radical (unpaired) electrons. The molecule has 0 unspecified atom stereocenters. The van der Waals surface area contributed by atoms with E-state index in [9.17, 15) is 4.79 Å². The zero-order valence-corrected chi connectivity index (χ0v) is 11.3. The molecule has 102 valence electrons. The Hall–Kier alpha value is -1.56. The van der Waals surface area contributed by atoms with Gasteiger partial charge in [0.2, 0.25) is 0 Å². The average Bonchev–Trinajstić information content (AvgIpc) is 2.70. The third-order valence-electron chi connectivity index (χ3n) is 2.15. The van der Waals surface area contributed by atoms with Crippen molar-refractivity contribution in [1.82, 2.24) is 15.1 Å². The Morgan fingerprint density at radius 2 is 2.28 bits per heavy atom. The summed E-state index contributed by atoms with van der Waals surface area (Å²) in [7, 11) is 0. The summed E-state index contributed by atoms with van der Waals surface area (Å²) in [6.45, 7) is 7.32. The van der Waals surface area contributed by atoms with E-state index in [1.165, 1.54) is 0 Å². The third-order valence-corrected chi connectivity index (χ3v) is 2.15. The number of amides is 1. The normalized spacial score (nSPS) is 11.3. The minimum Gasteiger partial charge on any atom is -0.444 e. The Bertz CT molecular complexity index is 382. The van der Waals surface area contributed by atoms with E-state index in [0.717, 1.165) is 18.5 Å². The van der Waals surface area contributed by atoms with E-state index < -0.39 is 5.60 Å². The molecule has 1 amide bonds. The Balaban J connectivity index is 2.17. The first-order chi connectivity index (χ1) is 8.40. The van der Waals surface area contributed by atoms with Gasteiger partial charge in [0.15, 0.2) is 0 Å². The van der Waals surface area contributed by atoms with E-state index in [1.54, 1.807) is 6.20 Å². The summed E-state index contributed by atoms with van der Waals surface area (Å²) in [4.78, 5) is 11.3. The van der Waals surface area contributed by atoms with Crippen molar-refractivity contribution in [3.05, 3.63) is 18.0 Å². The average molecular weight is 254 g/mol. The summed E-state index contributed by atoms with van der Waals surface area (Å²) in [6, 6.07) is 0. The number of hydrogen-bond acceptors (Lipinski definition) is 4. The van der Waals surface area contributed by atoms with E-state index >= 15 is 0 Å². The van der Waals surface area contributed by atoms with Crippen LogP contribution in [-0.4, -0.2) is 28.0 Å². The van der Waals surface area contributed by atoms with Gasteiger partial charge in [-0.1, -0.05) is 0 Å². The van der Waals surface area contributed by atoms with Crippen LogP contribution in [0.5, 0.6) is 0 Å². The van der Waals surface area contributed by atoms with E-state index in [1.807, 2.05) is 31.6 Å². The molecular formula is C12H22N4O2. The molecule has 0 bridgehead atoms. The second kappa shape index (κ2) is 6.39. The number of carbonyl (C=O) groups excluding carboxylic acids is 1. The molecule has 6 nitrogen and oxygen atoms in total. The maximum atomic E-state index is 11.3. The lowest BCUT2D eigenvalue weighted by Crippen LogP contribution is -2.33. The van der Waals surface area contributed by atoms with E-state index in [0.29, 0.717) is 13.1 Å². The summed E-state index contributed by atoms with van der Waals surface area (Å²) in [5.74, 6) is 0. The lowest BCUT2D eigenvalue weighted by molar-refractivity contribution is 0.0526. The molecule has 0 saturated carbocycles. The van der Waals surface area contributed by atoms with Gasteiger partial charge in [0.1, 0.15) is 5.60 Å². The van der Waals surface area contributed by atoms with Crippen molar-refractivity contribution in [2.75, 3.05) is 6.54 Å². The van der Waals surface area contributed by atoms with Crippen molar-refractivity contribution >= 4 is 6.09 Å².